The number of hydrogen-bond donors (Lipinski definition) is 4. The molecule has 0 spiro atoms. The zero-order chi connectivity index (χ0) is 17.7. The van der Waals surface area contributed by atoms with E-state index in [0.29, 0.717) is 31.5 Å². The van der Waals surface area contributed by atoms with Gasteiger partial charge in [0.1, 0.15) is 11.9 Å². The summed E-state index contributed by atoms with van der Waals surface area (Å²) >= 11 is 1.42. The minimum Gasteiger partial charge on any atom is -0.384 e. The molecule has 0 aliphatic carbocycles. The Morgan fingerprint density at radius 1 is 1.54 bits per heavy atom. The summed E-state index contributed by atoms with van der Waals surface area (Å²) in [7, 11) is 0. The molecule has 130 valence electrons. The van der Waals surface area contributed by atoms with Gasteiger partial charge in [-0.05, 0) is 18.4 Å². The third-order valence-corrected chi connectivity index (χ3v) is 4.81. The van der Waals surface area contributed by atoms with Gasteiger partial charge in [0.15, 0.2) is 0 Å². The molecule has 8 nitrogen and oxygen atoms in total. The second-order valence-electron chi connectivity index (χ2n) is 5.83. The maximum absolute atomic E-state index is 12.4. The van der Waals surface area contributed by atoms with E-state index in [1.54, 1.807) is 11.4 Å². The number of hydrogen-bond acceptors (Lipinski definition) is 5. The number of rotatable bonds is 7. The summed E-state index contributed by atoms with van der Waals surface area (Å²) in [4.78, 5) is 37.3. The van der Waals surface area contributed by atoms with Gasteiger partial charge in [-0.25, -0.2) is 0 Å². The van der Waals surface area contributed by atoms with Crippen LogP contribution in [0.15, 0.2) is 11.4 Å². The molecular weight excluding hydrogens is 330 g/mol. The Hall–Kier alpha value is -2.42. The fraction of sp³-hybridized carbons (Fsp3) is 0.467. The molecule has 2 rings (SSSR count). The van der Waals surface area contributed by atoms with E-state index >= 15 is 0 Å². The van der Waals surface area contributed by atoms with Gasteiger partial charge in [-0.2, -0.15) is 0 Å². The highest BCUT2D eigenvalue weighted by Crippen LogP contribution is 2.23. The average Bonchev–Trinajstić information content (AvgIpc) is 3.17. The van der Waals surface area contributed by atoms with E-state index in [1.807, 2.05) is 6.92 Å². The number of amides is 3. The molecule has 0 aromatic carbocycles. The van der Waals surface area contributed by atoms with Gasteiger partial charge in [-0.1, -0.05) is 6.92 Å². The molecule has 1 aliphatic heterocycles. The van der Waals surface area contributed by atoms with Gasteiger partial charge in [0, 0.05) is 22.4 Å². The number of thiophene rings is 1. The molecule has 1 unspecified atom stereocenters. The van der Waals surface area contributed by atoms with Crippen LogP contribution >= 0.6 is 11.3 Å². The number of nitrogens with zero attached hydrogens (tertiary/aromatic N) is 1. The van der Waals surface area contributed by atoms with Crippen LogP contribution in [0.3, 0.4) is 0 Å². The number of carbonyl (C=O) groups excluding carboxylic acids is 3. The maximum atomic E-state index is 12.4. The summed E-state index contributed by atoms with van der Waals surface area (Å²) in [5.74, 6) is -0.252. The Kier molecular flexibility index (Phi) is 5.91. The predicted molar refractivity (Wildman–Crippen MR) is 90.5 cm³/mol. The van der Waals surface area contributed by atoms with Gasteiger partial charge in [-0.15, -0.1) is 11.3 Å². The van der Waals surface area contributed by atoms with E-state index in [9.17, 15) is 14.4 Å². The number of nitrogens with one attached hydrogen (secondary N) is 3. The van der Waals surface area contributed by atoms with Crippen molar-refractivity contribution in [3.63, 3.8) is 0 Å². The fourth-order valence-electron chi connectivity index (χ4n) is 2.71. The lowest BCUT2D eigenvalue weighted by Gasteiger charge is -2.23. The zero-order valence-corrected chi connectivity index (χ0v) is 14.2. The van der Waals surface area contributed by atoms with Crippen LogP contribution in [0, 0.1) is 11.3 Å². The third-order valence-electron chi connectivity index (χ3n) is 3.87. The molecule has 1 aliphatic rings. The lowest BCUT2D eigenvalue weighted by molar-refractivity contribution is -0.138. The SMILES string of the molecule is C[C@@H]1CC(C(=O)NCc2cc(C(=N)N)cs2)N(C(=O)CNC=O)C1. The molecule has 2 atom stereocenters. The van der Waals surface area contributed by atoms with Crippen molar-refractivity contribution in [2.24, 2.45) is 11.7 Å². The van der Waals surface area contributed by atoms with E-state index in [1.165, 1.54) is 16.2 Å². The van der Waals surface area contributed by atoms with E-state index < -0.39 is 6.04 Å². The van der Waals surface area contributed by atoms with Crippen LogP contribution in [0.4, 0.5) is 0 Å². The Bertz CT molecular complexity index is 645. The van der Waals surface area contributed by atoms with E-state index in [-0.39, 0.29) is 30.1 Å². The van der Waals surface area contributed by atoms with Crippen molar-refractivity contribution in [1.82, 2.24) is 15.5 Å². The van der Waals surface area contributed by atoms with Crippen LogP contribution in [0.1, 0.15) is 23.8 Å². The molecule has 9 heteroatoms. The van der Waals surface area contributed by atoms with Crippen molar-refractivity contribution in [3.05, 3.63) is 21.9 Å². The van der Waals surface area contributed by atoms with Crippen molar-refractivity contribution in [2.75, 3.05) is 13.1 Å². The minimum absolute atomic E-state index is 0.00658. The molecule has 1 saturated heterocycles. The summed E-state index contributed by atoms with van der Waals surface area (Å²) in [5.41, 5.74) is 6.05. The second kappa shape index (κ2) is 7.91. The summed E-state index contributed by atoms with van der Waals surface area (Å²) in [5, 5.41) is 14.3. The van der Waals surface area contributed by atoms with Gasteiger partial charge in [0.2, 0.25) is 18.2 Å². The summed E-state index contributed by atoms with van der Waals surface area (Å²) in [6.07, 6.45) is 1.07. The maximum Gasteiger partial charge on any atom is 0.243 e. The molecule has 0 radical (unpaired) electrons. The Labute approximate surface area is 143 Å². The van der Waals surface area contributed by atoms with Crippen molar-refractivity contribution in [1.29, 1.82) is 5.41 Å². The van der Waals surface area contributed by atoms with Crippen molar-refractivity contribution >= 4 is 35.4 Å². The Balaban J connectivity index is 1.94. The van der Waals surface area contributed by atoms with Gasteiger partial charge in [-0.3, -0.25) is 19.8 Å². The lowest BCUT2D eigenvalue weighted by atomic mass is 10.1. The molecule has 24 heavy (non-hydrogen) atoms. The largest absolute Gasteiger partial charge is 0.384 e. The van der Waals surface area contributed by atoms with Crippen molar-refractivity contribution < 1.29 is 14.4 Å². The number of carbonyl (C=O) groups is 3. The van der Waals surface area contributed by atoms with Crippen LogP contribution < -0.4 is 16.4 Å². The molecule has 0 saturated carbocycles. The van der Waals surface area contributed by atoms with Gasteiger partial charge in [0.05, 0.1) is 13.1 Å². The van der Waals surface area contributed by atoms with Crippen molar-refractivity contribution in [3.8, 4) is 0 Å². The quantitative estimate of drug-likeness (QED) is 0.303. The first-order chi connectivity index (χ1) is 11.4. The highest BCUT2D eigenvalue weighted by Gasteiger charge is 2.37. The van der Waals surface area contributed by atoms with Gasteiger partial charge >= 0.3 is 0 Å². The number of amidine groups is 1. The van der Waals surface area contributed by atoms with E-state index in [4.69, 9.17) is 11.1 Å². The molecule has 1 aromatic heterocycles. The fourth-order valence-corrected chi connectivity index (χ4v) is 3.53. The zero-order valence-electron chi connectivity index (χ0n) is 13.4. The molecule has 0 bridgehead atoms. The summed E-state index contributed by atoms with van der Waals surface area (Å²) < 4.78 is 0. The van der Waals surface area contributed by atoms with Gasteiger partial charge in [0.25, 0.3) is 0 Å². The van der Waals surface area contributed by atoms with Crippen LogP contribution in [-0.2, 0) is 20.9 Å². The Morgan fingerprint density at radius 2 is 2.29 bits per heavy atom. The summed E-state index contributed by atoms with van der Waals surface area (Å²) in [6, 6.07) is 1.25. The topological polar surface area (TPSA) is 128 Å². The standard InChI is InChI=1S/C15H21N5O3S/c1-9-2-12(20(6-9)13(22)5-18-8-21)15(23)19-4-11-3-10(7-24-11)14(16)17/h3,7-9,12H,2,4-6H2,1H3,(H3,16,17)(H,18,21)(H,19,23)/t9-,12?/m1/s1. The first-order valence-corrected chi connectivity index (χ1v) is 8.46. The monoisotopic (exact) mass is 351 g/mol. The van der Waals surface area contributed by atoms with Crippen LogP contribution in [-0.4, -0.2) is 48.1 Å². The highest BCUT2D eigenvalue weighted by molar-refractivity contribution is 7.10. The van der Waals surface area contributed by atoms with Crippen molar-refractivity contribution in [2.45, 2.75) is 25.9 Å². The molecule has 5 N–H and O–H groups in total. The molecule has 1 fully saturated rings. The first-order valence-electron chi connectivity index (χ1n) is 7.58. The number of nitrogen functional groups attached to an aromatic ring is 1. The minimum atomic E-state index is -0.520. The van der Waals surface area contributed by atoms with Crippen LogP contribution in [0.25, 0.3) is 0 Å². The second-order valence-corrected chi connectivity index (χ2v) is 6.83. The first kappa shape index (κ1) is 17.9. The number of likely N-dealkylation sites (tertiary alicyclic amines) is 1. The smallest absolute Gasteiger partial charge is 0.243 e. The Morgan fingerprint density at radius 3 is 2.92 bits per heavy atom. The predicted octanol–water partition coefficient (Wildman–Crippen LogP) is -0.369. The number of nitrogens with two attached hydrogens (primary N) is 1. The van der Waals surface area contributed by atoms with Gasteiger partial charge < -0.3 is 21.3 Å². The van der Waals surface area contributed by atoms with E-state index in [2.05, 4.69) is 10.6 Å². The van der Waals surface area contributed by atoms with Crippen LogP contribution in [0.2, 0.25) is 0 Å². The van der Waals surface area contributed by atoms with Crippen LogP contribution in [0.5, 0.6) is 0 Å². The molecular formula is C15H21N5O3S. The lowest BCUT2D eigenvalue weighted by Crippen LogP contribution is -2.48. The van der Waals surface area contributed by atoms with E-state index in [0.717, 1.165) is 4.88 Å². The summed E-state index contributed by atoms with van der Waals surface area (Å²) in [6.45, 7) is 2.72. The molecule has 1 aromatic rings. The molecule has 3 amide bonds. The highest BCUT2D eigenvalue weighted by atomic mass is 32.1. The normalized spacial score (nSPS) is 19.8. The third kappa shape index (κ3) is 4.31. The molecule has 2 heterocycles. The average molecular weight is 351 g/mol.